The van der Waals surface area contributed by atoms with Gasteiger partial charge in [-0.2, -0.15) is 0 Å². The molecule has 7 nitrogen and oxygen atoms in total. The van der Waals surface area contributed by atoms with Crippen molar-refractivity contribution in [3.05, 3.63) is 24.3 Å². The highest BCUT2D eigenvalue weighted by atomic mass is 32.2. The van der Waals surface area contributed by atoms with Crippen LogP contribution in [-0.4, -0.2) is 79.3 Å². The predicted molar refractivity (Wildman–Crippen MR) is 91.1 cm³/mol. The summed E-state index contributed by atoms with van der Waals surface area (Å²) in [6.07, 6.45) is 7.34. The Morgan fingerprint density at radius 1 is 1.29 bits per heavy atom. The summed E-state index contributed by atoms with van der Waals surface area (Å²) in [5, 5.41) is 0. The first-order valence-electron chi connectivity index (χ1n) is 8.54. The molecule has 0 saturated carbocycles. The van der Waals surface area contributed by atoms with Gasteiger partial charge in [-0.05, 0) is 25.3 Å². The Morgan fingerprint density at radius 3 is 2.75 bits per heavy atom. The Bertz CT molecular complexity index is 617. The van der Waals surface area contributed by atoms with Gasteiger partial charge in [-0.15, -0.1) is 0 Å². The van der Waals surface area contributed by atoms with Crippen molar-refractivity contribution in [2.45, 2.75) is 25.3 Å². The fourth-order valence-corrected chi connectivity index (χ4v) is 4.51. The number of ether oxygens (including phenoxy) is 1. The van der Waals surface area contributed by atoms with E-state index in [2.05, 4.69) is 14.9 Å². The van der Waals surface area contributed by atoms with Crippen molar-refractivity contribution in [2.75, 3.05) is 45.6 Å². The van der Waals surface area contributed by atoms with E-state index in [4.69, 9.17) is 4.74 Å². The van der Waals surface area contributed by atoms with Crippen LogP contribution in [0.15, 0.2) is 18.6 Å². The molecule has 2 aliphatic rings. The number of rotatable bonds is 4. The summed E-state index contributed by atoms with van der Waals surface area (Å²) in [6, 6.07) is 2.40. The third kappa shape index (κ3) is 4.72. The van der Waals surface area contributed by atoms with Crippen LogP contribution in [0.5, 0.6) is 0 Å². The molecule has 1 aromatic heterocycles. The van der Waals surface area contributed by atoms with Gasteiger partial charge in [0.15, 0.2) is 0 Å². The van der Waals surface area contributed by atoms with Crippen molar-refractivity contribution in [3.63, 3.8) is 0 Å². The average molecular weight is 354 g/mol. The van der Waals surface area contributed by atoms with Gasteiger partial charge in [-0.3, -0.25) is 4.90 Å². The normalized spacial score (nSPS) is 25.5. The quantitative estimate of drug-likeness (QED) is 0.779. The molecule has 2 fully saturated rings. The van der Waals surface area contributed by atoms with Gasteiger partial charge in [0.05, 0.1) is 19.5 Å². The lowest BCUT2D eigenvalue weighted by Gasteiger charge is -2.37. The van der Waals surface area contributed by atoms with Crippen molar-refractivity contribution >= 4 is 10.0 Å². The first-order chi connectivity index (χ1) is 11.5. The van der Waals surface area contributed by atoms with Crippen LogP contribution in [0.4, 0.5) is 0 Å². The molecule has 0 aromatic carbocycles. The third-order valence-corrected chi connectivity index (χ3v) is 6.22. The monoisotopic (exact) mass is 354 g/mol. The molecule has 2 aliphatic heterocycles. The zero-order valence-corrected chi connectivity index (χ0v) is 15.0. The van der Waals surface area contributed by atoms with Crippen molar-refractivity contribution in [2.24, 2.45) is 5.92 Å². The van der Waals surface area contributed by atoms with E-state index in [1.165, 1.54) is 6.26 Å². The van der Waals surface area contributed by atoms with Crippen LogP contribution < -0.4 is 0 Å². The zero-order chi connectivity index (χ0) is 17.0. The van der Waals surface area contributed by atoms with E-state index in [1.54, 1.807) is 16.8 Å². The molecule has 3 rings (SSSR count). The first-order valence-corrected chi connectivity index (χ1v) is 10.4. The van der Waals surface area contributed by atoms with Gasteiger partial charge in [0.1, 0.15) is 6.33 Å². The molecule has 0 spiro atoms. The predicted octanol–water partition coefficient (Wildman–Crippen LogP) is 0.392. The number of sulfonamides is 1. The van der Waals surface area contributed by atoms with E-state index in [0.29, 0.717) is 25.0 Å². The largest absolute Gasteiger partial charge is 0.380 e. The van der Waals surface area contributed by atoms with E-state index in [9.17, 15) is 8.42 Å². The lowest BCUT2D eigenvalue weighted by atomic mass is 9.99. The number of piperidine rings is 1. The van der Waals surface area contributed by atoms with Gasteiger partial charge >= 0.3 is 0 Å². The smallest absolute Gasteiger partial charge is 0.211 e. The minimum Gasteiger partial charge on any atom is -0.380 e. The van der Waals surface area contributed by atoms with E-state index in [1.807, 2.05) is 6.07 Å². The van der Waals surface area contributed by atoms with Gasteiger partial charge in [0, 0.05) is 50.0 Å². The van der Waals surface area contributed by atoms with Crippen LogP contribution in [0.2, 0.25) is 0 Å². The van der Waals surface area contributed by atoms with Crippen LogP contribution in [0, 0.1) is 5.92 Å². The van der Waals surface area contributed by atoms with Gasteiger partial charge in [0.25, 0.3) is 0 Å². The molecule has 0 radical (unpaired) electrons. The SMILES string of the molecule is CS(=O)(=O)N1CCC(N2CCOCC(Cc3ccncn3)C2)CC1. The molecule has 2 saturated heterocycles. The number of hydrogen-bond donors (Lipinski definition) is 0. The molecule has 3 heterocycles. The fourth-order valence-electron chi connectivity index (χ4n) is 3.64. The Morgan fingerprint density at radius 2 is 2.08 bits per heavy atom. The van der Waals surface area contributed by atoms with Gasteiger partial charge in [0.2, 0.25) is 10.0 Å². The molecular weight excluding hydrogens is 328 g/mol. The summed E-state index contributed by atoms with van der Waals surface area (Å²) < 4.78 is 30.7. The highest BCUT2D eigenvalue weighted by molar-refractivity contribution is 7.88. The lowest BCUT2D eigenvalue weighted by molar-refractivity contribution is 0.113. The maximum atomic E-state index is 11.7. The van der Waals surface area contributed by atoms with E-state index < -0.39 is 10.0 Å². The zero-order valence-electron chi connectivity index (χ0n) is 14.2. The highest BCUT2D eigenvalue weighted by Crippen LogP contribution is 2.22. The second-order valence-electron chi connectivity index (χ2n) is 6.73. The molecule has 0 aliphatic carbocycles. The van der Waals surface area contributed by atoms with Crippen molar-refractivity contribution in [3.8, 4) is 0 Å². The fraction of sp³-hybridized carbons (Fsp3) is 0.750. The Hall–Kier alpha value is -1.09. The maximum Gasteiger partial charge on any atom is 0.211 e. The van der Waals surface area contributed by atoms with Crippen LogP contribution in [0.1, 0.15) is 18.5 Å². The van der Waals surface area contributed by atoms with Crippen LogP contribution >= 0.6 is 0 Å². The van der Waals surface area contributed by atoms with Gasteiger partial charge in [-0.25, -0.2) is 22.7 Å². The Labute approximate surface area is 144 Å². The molecule has 1 aromatic rings. The maximum absolute atomic E-state index is 11.7. The van der Waals surface area contributed by atoms with E-state index in [-0.39, 0.29) is 0 Å². The Balaban J connectivity index is 1.57. The highest BCUT2D eigenvalue weighted by Gasteiger charge is 2.30. The van der Waals surface area contributed by atoms with Crippen LogP contribution in [0.25, 0.3) is 0 Å². The summed E-state index contributed by atoms with van der Waals surface area (Å²) in [4.78, 5) is 10.8. The summed E-state index contributed by atoms with van der Waals surface area (Å²) in [7, 11) is -3.06. The molecule has 24 heavy (non-hydrogen) atoms. The van der Waals surface area contributed by atoms with Gasteiger partial charge < -0.3 is 4.74 Å². The van der Waals surface area contributed by atoms with Crippen molar-refractivity contribution < 1.29 is 13.2 Å². The number of nitrogens with zero attached hydrogens (tertiary/aromatic N) is 4. The molecular formula is C16H26N4O3S. The molecule has 0 amide bonds. The first kappa shape index (κ1) is 17.7. The van der Waals surface area contributed by atoms with Crippen LogP contribution in [-0.2, 0) is 21.2 Å². The molecule has 134 valence electrons. The minimum absolute atomic E-state index is 0.412. The summed E-state index contributed by atoms with van der Waals surface area (Å²) in [5.74, 6) is 0.412. The third-order valence-electron chi connectivity index (χ3n) is 4.92. The van der Waals surface area contributed by atoms with Gasteiger partial charge in [-0.1, -0.05) is 0 Å². The summed E-state index contributed by atoms with van der Waals surface area (Å²) in [6.45, 7) is 4.64. The molecule has 0 bridgehead atoms. The lowest BCUT2D eigenvalue weighted by Crippen LogP contribution is -2.48. The minimum atomic E-state index is -3.06. The Kier molecular flexibility index (Phi) is 5.80. The average Bonchev–Trinajstić information content (AvgIpc) is 2.81. The number of aromatic nitrogens is 2. The second kappa shape index (κ2) is 7.86. The van der Waals surface area contributed by atoms with E-state index >= 15 is 0 Å². The second-order valence-corrected chi connectivity index (χ2v) is 8.72. The van der Waals surface area contributed by atoms with Crippen molar-refractivity contribution in [1.29, 1.82) is 0 Å². The molecule has 1 atom stereocenters. The molecule has 8 heteroatoms. The van der Waals surface area contributed by atoms with E-state index in [0.717, 1.165) is 51.3 Å². The topological polar surface area (TPSA) is 75.6 Å². The molecule has 1 unspecified atom stereocenters. The molecule has 0 N–H and O–H groups in total. The summed E-state index contributed by atoms with van der Waals surface area (Å²) in [5.41, 5.74) is 1.05. The van der Waals surface area contributed by atoms with Crippen LogP contribution in [0.3, 0.4) is 0 Å². The summed E-state index contributed by atoms with van der Waals surface area (Å²) >= 11 is 0. The number of hydrogen-bond acceptors (Lipinski definition) is 6. The standard InChI is InChI=1S/C16H26N4O3S/c1-24(21,22)20-6-3-16(4-7-20)19-8-9-23-12-14(11-19)10-15-2-5-17-13-18-15/h2,5,13-14,16H,3-4,6-12H2,1H3. The van der Waals surface area contributed by atoms with Crippen molar-refractivity contribution in [1.82, 2.24) is 19.2 Å².